The largest absolute Gasteiger partial charge is 0.292 e. The summed E-state index contributed by atoms with van der Waals surface area (Å²) in [6.45, 7) is 4.70. The molecular weight excluding hydrogens is 380 g/mol. The molecule has 2 aromatic heterocycles. The second kappa shape index (κ2) is 8.57. The van der Waals surface area contributed by atoms with E-state index >= 15 is 0 Å². The monoisotopic (exact) mass is 404 g/mol. The van der Waals surface area contributed by atoms with E-state index in [4.69, 9.17) is 4.99 Å². The number of hydrogen-bond acceptors (Lipinski definition) is 4. The molecule has 0 aliphatic carbocycles. The van der Waals surface area contributed by atoms with Gasteiger partial charge in [0.2, 0.25) is 5.13 Å². The Morgan fingerprint density at radius 2 is 1.86 bits per heavy atom. The van der Waals surface area contributed by atoms with Gasteiger partial charge in [-0.2, -0.15) is 4.68 Å². The standard InChI is InChI=1S/C23H24N4OS/c1-3-9-19-21(16(2)24-15-14-17-10-5-4-6-11-17)22(28)27(26-19)23-25-18-12-7-8-13-20(18)29-23/h4-8,10-13,26H,3,9,14-15H2,1-2H3. The zero-order chi connectivity index (χ0) is 20.2. The Kier molecular flexibility index (Phi) is 5.71. The summed E-state index contributed by atoms with van der Waals surface area (Å²) in [5.74, 6) is 0. The summed E-state index contributed by atoms with van der Waals surface area (Å²) in [6.07, 6.45) is 2.61. The number of hydrogen-bond donors (Lipinski definition) is 1. The molecule has 2 heterocycles. The zero-order valence-corrected chi connectivity index (χ0v) is 17.5. The van der Waals surface area contributed by atoms with Crippen molar-refractivity contribution < 1.29 is 0 Å². The number of aromatic nitrogens is 3. The van der Waals surface area contributed by atoms with Gasteiger partial charge in [0.05, 0.1) is 15.8 Å². The van der Waals surface area contributed by atoms with Crippen LogP contribution in [-0.4, -0.2) is 27.0 Å². The van der Waals surface area contributed by atoms with Crippen molar-refractivity contribution in [2.24, 2.45) is 4.99 Å². The van der Waals surface area contributed by atoms with Crippen molar-refractivity contribution in [1.29, 1.82) is 0 Å². The maximum atomic E-state index is 13.2. The van der Waals surface area contributed by atoms with E-state index in [-0.39, 0.29) is 5.56 Å². The number of aryl methyl sites for hydroxylation is 1. The highest BCUT2D eigenvalue weighted by Gasteiger charge is 2.19. The van der Waals surface area contributed by atoms with Crippen LogP contribution in [0.15, 0.2) is 64.4 Å². The third-order valence-electron chi connectivity index (χ3n) is 4.89. The number of fused-ring (bicyclic) bond motifs is 1. The third kappa shape index (κ3) is 4.07. The van der Waals surface area contributed by atoms with Crippen molar-refractivity contribution in [2.45, 2.75) is 33.1 Å². The molecule has 0 aliphatic heterocycles. The Bertz CT molecular complexity index is 1170. The Hall–Kier alpha value is -2.99. The lowest BCUT2D eigenvalue weighted by Crippen LogP contribution is -2.20. The summed E-state index contributed by atoms with van der Waals surface area (Å²) in [5.41, 5.74) is 4.47. The summed E-state index contributed by atoms with van der Waals surface area (Å²) in [6, 6.07) is 18.2. The van der Waals surface area contributed by atoms with Crippen molar-refractivity contribution >= 4 is 27.3 Å². The SMILES string of the molecule is CCCc1[nH]n(-c2nc3ccccc3s2)c(=O)c1C(C)=NCCc1ccccc1. The van der Waals surface area contributed by atoms with E-state index < -0.39 is 0 Å². The minimum Gasteiger partial charge on any atom is -0.292 e. The van der Waals surface area contributed by atoms with Gasteiger partial charge >= 0.3 is 0 Å². The number of para-hydroxylation sites is 1. The topological polar surface area (TPSA) is 63.0 Å². The Morgan fingerprint density at radius 1 is 1.10 bits per heavy atom. The van der Waals surface area contributed by atoms with E-state index in [0.29, 0.717) is 17.2 Å². The molecule has 0 amide bonds. The fourth-order valence-electron chi connectivity index (χ4n) is 3.45. The predicted octanol–water partition coefficient (Wildman–Crippen LogP) is 4.78. The molecule has 4 aromatic rings. The first kappa shape index (κ1) is 19.3. The summed E-state index contributed by atoms with van der Waals surface area (Å²) >= 11 is 1.51. The molecule has 0 atom stereocenters. The van der Waals surface area contributed by atoms with Gasteiger partial charge in [0.1, 0.15) is 0 Å². The van der Waals surface area contributed by atoms with Crippen LogP contribution in [-0.2, 0) is 12.8 Å². The van der Waals surface area contributed by atoms with Crippen molar-refractivity contribution in [3.8, 4) is 5.13 Å². The maximum Gasteiger partial charge on any atom is 0.282 e. The quantitative estimate of drug-likeness (QED) is 0.451. The van der Waals surface area contributed by atoms with Crippen molar-refractivity contribution in [1.82, 2.24) is 14.8 Å². The smallest absolute Gasteiger partial charge is 0.282 e. The van der Waals surface area contributed by atoms with Gasteiger partial charge in [-0.05, 0) is 37.5 Å². The minimum absolute atomic E-state index is 0.0755. The Labute approximate surface area is 173 Å². The van der Waals surface area contributed by atoms with Crippen molar-refractivity contribution in [2.75, 3.05) is 6.54 Å². The fraction of sp³-hybridized carbons (Fsp3) is 0.261. The van der Waals surface area contributed by atoms with Crippen LogP contribution in [0, 0.1) is 0 Å². The van der Waals surface area contributed by atoms with Gasteiger partial charge in [-0.25, -0.2) is 4.98 Å². The van der Waals surface area contributed by atoms with Crippen LogP contribution in [0.3, 0.4) is 0 Å². The average Bonchev–Trinajstić information content (AvgIpc) is 3.30. The number of nitrogens with zero attached hydrogens (tertiary/aromatic N) is 3. The van der Waals surface area contributed by atoms with E-state index in [1.54, 1.807) is 4.68 Å². The third-order valence-corrected chi connectivity index (χ3v) is 5.92. The van der Waals surface area contributed by atoms with Crippen LogP contribution in [0.4, 0.5) is 0 Å². The lowest BCUT2D eigenvalue weighted by atomic mass is 10.1. The highest BCUT2D eigenvalue weighted by Crippen LogP contribution is 2.24. The van der Waals surface area contributed by atoms with Crippen LogP contribution >= 0.6 is 11.3 Å². The number of thiazole rings is 1. The van der Waals surface area contributed by atoms with Crippen molar-refractivity contribution in [3.05, 3.63) is 81.8 Å². The maximum absolute atomic E-state index is 13.2. The van der Waals surface area contributed by atoms with Crippen LogP contribution in [0.1, 0.15) is 37.1 Å². The summed E-state index contributed by atoms with van der Waals surface area (Å²) in [5, 5.41) is 3.95. The number of nitrogens with one attached hydrogen (secondary N) is 1. The van der Waals surface area contributed by atoms with Gasteiger partial charge < -0.3 is 0 Å². The van der Waals surface area contributed by atoms with Gasteiger partial charge in [0.15, 0.2) is 0 Å². The molecule has 0 unspecified atom stereocenters. The first-order valence-electron chi connectivity index (χ1n) is 9.92. The molecule has 0 fully saturated rings. The molecule has 4 rings (SSSR count). The molecule has 0 aliphatic rings. The van der Waals surface area contributed by atoms with Crippen LogP contribution < -0.4 is 5.56 Å². The molecule has 2 aromatic carbocycles. The number of aromatic amines is 1. The Balaban J connectivity index is 1.67. The number of rotatable bonds is 7. The van der Waals surface area contributed by atoms with E-state index in [1.165, 1.54) is 16.9 Å². The molecule has 0 bridgehead atoms. The fourth-order valence-corrected chi connectivity index (χ4v) is 4.38. The molecule has 1 N–H and O–H groups in total. The van der Waals surface area contributed by atoms with Gasteiger partial charge in [-0.3, -0.25) is 14.9 Å². The second-order valence-electron chi connectivity index (χ2n) is 7.02. The molecule has 0 saturated heterocycles. The summed E-state index contributed by atoms with van der Waals surface area (Å²) in [4.78, 5) is 22.6. The average molecular weight is 405 g/mol. The molecule has 148 valence electrons. The van der Waals surface area contributed by atoms with E-state index in [2.05, 4.69) is 29.1 Å². The molecule has 0 spiro atoms. The highest BCUT2D eigenvalue weighted by molar-refractivity contribution is 7.20. The van der Waals surface area contributed by atoms with Crippen molar-refractivity contribution in [3.63, 3.8) is 0 Å². The molecule has 6 heteroatoms. The van der Waals surface area contributed by atoms with Gasteiger partial charge in [-0.1, -0.05) is 67.1 Å². The number of benzene rings is 2. The molecule has 0 saturated carbocycles. The first-order chi connectivity index (χ1) is 14.2. The van der Waals surface area contributed by atoms with Gasteiger partial charge in [0.25, 0.3) is 5.56 Å². The normalized spacial score (nSPS) is 12.0. The van der Waals surface area contributed by atoms with E-state index in [1.807, 2.05) is 49.4 Å². The molecule has 0 radical (unpaired) electrons. The molecule has 29 heavy (non-hydrogen) atoms. The summed E-state index contributed by atoms with van der Waals surface area (Å²) < 4.78 is 2.64. The highest BCUT2D eigenvalue weighted by atomic mass is 32.1. The zero-order valence-electron chi connectivity index (χ0n) is 16.7. The lowest BCUT2D eigenvalue weighted by Gasteiger charge is -2.02. The van der Waals surface area contributed by atoms with E-state index in [0.717, 1.165) is 40.9 Å². The number of H-pyrrole nitrogens is 1. The van der Waals surface area contributed by atoms with Gasteiger partial charge in [-0.15, -0.1) is 0 Å². The molecular formula is C23H24N4OS. The minimum atomic E-state index is -0.0755. The first-order valence-corrected chi connectivity index (χ1v) is 10.7. The molecule has 5 nitrogen and oxygen atoms in total. The summed E-state index contributed by atoms with van der Waals surface area (Å²) in [7, 11) is 0. The Morgan fingerprint density at radius 3 is 2.62 bits per heavy atom. The van der Waals surface area contributed by atoms with E-state index in [9.17, 15) is 4.79 Å². The lowest BCUT2D eigenvalue weighted by molar-refractivity contribution is 0.790. The second-order valence-corrected chi connectivity index (χ2v) is 8.03. The van der Waals surface area contributed by atoms with Gasteiger partial charge in [0, 0.05) is 18.0 Å². The van der Waals surface area contributed by atoms with Crippen LogP contribution in [0.2, 0.25) is 0 Å². The predicted molar refractivity (Wildman–Crippen MR) is 121 cm³/mol. The van der Waals surface area contributed by atoms with Crippen LogP contribution in [0.5, 0.6) is 0 Å². The van der Waals surface area contributed by atoms with Crippen LogP contribution in [0.25, 0.3) is 15.3 Å². The number of aliphatic imine (C=N–C) groups is 1.